The highest BCUT2D eigenvalue weighted by molar-refractivity contribution is 7.89. The molecule has 7 heteroatoms. The third kappa shape index (κ3) is 3.30. The van der Waals surface area contributed by atoms with Gasteiger partial charge in [-0.25, -0.2) is 13.1 Å². The fourth-order valence-electron chi connectivity index (χ4n) is 1.78. The number of hydrogen-bond acceptors (Lipinski definition) is 5. The minimum atomic E-state index is -3.51. The third-order valence-electron chi connectivity index (χ3n) is 2.83. The summed E-state index contributed by atoms with van der Waals surface area (Å²) in [5.41, 5.74) is 6.82. The normalized spacial score (nSPS) is 11.5. The van der Waals surface area contributed by atoms with Gasteiger partial charge in [0.25, 0.3) is 0 Å². The van der Waals surface area contributed by atoms with Gasteiger partial charge in [0.15, 0.2) is 0 Å². The van der Waals surface area contributed by atoms with Crippen molar-refractivity contribution in [2.45, 2.75) is 18.4 Å². The van der Waals surface area contributed by atoms with Crippen LogP contribution in [-0.4, -0.2) is 15.5 Å². The van der Waals surface area contributed by atoms with Gasteiger partial charge in [0.2, 0.25) is 10.0 Å². The Hall–Kier alpha value is -1.57. The SMILES string of the molecule is CNS(=O)(=O)c1ccc(NCc2ccc(C)s2)cc1N. The third-order valence-corrected chi connectivity index (χ3v) is 5.32. The van der Waals surface area contributed by atoms with E-state index < -0.39 is 10.0 Å². The smallest absolute Gasteiger partial charge is 0.242 e. The van der Waals surface area contributed by atoms with Gasteiger partial charge >= 0.3 is 0 Å². The monoisotopic (exact) mass is 311 g/mol. The molecule has 0 radical (unpaired) electrons. The van der Waals surface area contributed by atoms with Gasteiger partial charge in [0.05, 0.1) is 5.69 Å². The summed E-state index contributed by atoms with van der Waals surface area (Å²) in [6.07, 6.45) is 0. The predicted octanol–water partition coefficient (Wildman–Crippen LogP) is 2.16. The lowest BCUT2D eigenvalue weighted by atomic mass is 10.3. The Kier molecular flexibility index (Phi) is 4.32. The maximum Gasteiger partial charge on any atom is 0.242 e. The molecule has 4 N–H and O–H groups in total. The summed E-state index contributed by atoms with van der Waals surface area (Å²) in [4.78, 5) is 2.57. The van der Waals surface area contributed by atoms with Gasteiger partial charge in [-0.3, -0.25) is 0 Å². The Morgan fingerprint density at radius 2 is 2.00 bits per heavy atom. The van der Waals surface area contributed by atoms with E-state index in [0.717, 1.165) is 5.69 Å². The Labute approximate surface area is 122 Å². The molecule has 0 aliphatic carbocycles. The zero-order valence-corrected chi connectivity index (χ0v) is 12.9. The highest BCUT2D eigenvalue weighted by Crippen LogP contribution is 2.23. The average Bonchev–Trinajstić information content (AvgIpc) is 2.82. The fraction of sp³-hybridized carbons (Fsp3) is 0.231. The highest BCUT2D eigenvalue weighted by Gasteiger charge is 2.15. The molecule has 108 valence electrons. The van der Waals surface area contributed by atoms with Crippen molar-refractivity contribution in [1.82, 2.24) is 4.72 Å². The van der Waals surface area contributed by atoms with Crippen LogP contribution in [0.4, 0.5) is 11.4 Å². The summed E-state index contributed by atoms with van der Waals surface area (Å²) in [7, 11) is -2.15. The zero-order chi connectivity index (χ0) is 14.8. The topological polar surface area (TPSA) is 84.2 Å². The van der Waals surface area contributed by atoms with Crippen LogP contribution in [0, 0.1) is 6.92 Å². The first-order valence-electron chi connectivity index (χ1n) is 6.04. The van der Waals surface area contributed by atoms with E-state index in [2.05, 4.69) is 29.1 Å². The number of hydrogen-bond donors (Lipinski definition) is 3. The maximum absolute atomic E-state index is 11.7. The molecule has 0 saturated heterocycles. The molecule has 0 bridgehead atoms. The fourth-order valence-corrected chi connectivity index (χ4v) is 3.45. The van der Waals surface area contributed by atoms with Crippen LogP contribution in [-0.2, 0) is 16.6 Å². The van der Waals surface area contributed by atoms with E-state index in [1.165, 1.54) is 22.9 Å². The second kappa shape index (κ2) is 5.82. The molecule has 2 rings (SSSR count). The number of nitrogens with one attached hydrogen (secondary N) is 2. The number of nitrogens with two attached hydrogens (primary N) is 1. The van der Waals surface area contributed by atoms with Gasteiger partial charge in [-0.1, -0.05) is 0 Å². The number of rotatable bonds is 5. The highest BCUT2D eigenvalue weighted by atomic mass is 32.2. The van der Waals surface area contributed by atoms with E-state index in [1.807, 2.05) is 0 Å². The Balaban J connectivity index is 2.13. The van der Waals surface area contributed by atoms with Crippen molar-refractivity contribution in [3.63, 3.8) is 0 Å². The van der Waals surface area contributed by atoms with Crippen molar-refractivity contribution in [3.05, 3.63) is 40.1 Å². The first-order valence-corrected chi connectivity index (χ1v) is 8.34. The van der Waals surface area contributed by atoms with E-state index in [-0.39, 0.29) is 10.6 Å². The van der Waals surface area contributed by atoms with Crippen molar-refractivity contribution in [3.8, 4) is 0 Å². The van der Waals surface area contributed by atoms with Crippen molar-refractivity contribution in [2.24, 2.45) is 0 Å². The van der Waals surface area contributed by atoms with Crippen LogP contribution in [0.2, 0.25) is 0 Å². The Bertz CT molecular complexity index is 708. The van der Waals surface area contributed by atoms with Gasteiger partial charge in [-0.05, 0) is 44.3 Å². The number of nitrogen functional groups attached to an aromatic ring is 1. The van der Waals surface area contributed by atoms with E-state index >= 15 is 0 Å². The van der Waals surface area contributed by atoms with Crippen LogP contribution in [0.15, 0.2) is 35.2 Å². The van der Waals surface area contributed by atoms with Crippen molar-refractivity contribution < 1.29 is 8.42 Å². The van der Waals surface area contributed by atoms with Crippen LogP contribution in [0.3, 0.4) is 0 Å². The minimum Gasteiger partial charge on any atom is -0.398 e. The summed E-state index contributed by atoms with van der Waals surface area (Å²) < 4.78 is 25.7. The molecule has 1 heterocycles. The van der Waals surface area contributed by atoms with E-state index in [9.17, 15) is 8.42 Å². The van der Waals surface area contributed by atoms with Crippen LogP contribution < -0.4 is 15.8 Å². The quantitative estimate of drug-likeness (QED) is 0.739. The molecule has 2 aromatic rings. The first-order chi connectivity index (χ1) is 9.42. The van der Waals surface area contributed by atoms with E-state index in [4.69, 9.17) is 5.73 Å². The molecule has 5 nitrogen and oxygen atoms in total. The average molecular weight is 311 g/mol. The van der Waals surface area contributed by atoms with Gasteiger partial charge in [0, 0.05) is 22.0 Å². The second-order valence-corrected chi connectivity index (χ2v) is 7.55. The molecule has 20 heavy (non-hydrogen) atoms. The second-order valence-electron chi connectivity index (χ2n) is 4.33. The molecule has 0 aliphatic heterocycles. The summed E-state index contributed by atoms with van der Waals surface area (Å²) in [6.45, 7) is 2.75. The van der Waals surface area contributed by atoms with Gasteiger partial charge < -0.3 is 11.1 Å². The molecule has 0 aliphatic rings. The van der Waals surface area contributed by atoms with Crippen LogP contribution in [0.1, 0.15) is 9.75 Å². The van der Waals surface area contributed by atoms with Crippen molar-refractivity contribution in [1.29, 1.82) is 0 Å². The molecule has 1 aromatic carbocycles. The Morgan fingerprint density at radius 1 is 1.25 bits per heavy atom. The van der Waals surface area contributed by atoms with Crippen molar-refractivity contribution in [2.75, 3.05) is 18.1 Å². The molecule has 0 spiro atoms. The van der Waals surface area contributed by atoms with Crippen LogP contribution in [0.25, 0.3) is 0 Å². The van der Waals surface area contributed by atoms with Gasteiger partial charge in [0.1, 0.15) is 4.90 Å². The molecular formula is C13H17N3O2S2. The van der Waals surface area contributed by atoms with E-state index in [1.54, 1.807) is 23.5 Å². The van der Waals surface area contributed by atoms with Crippen molar-refractivity contribution >= 4 is 32.7 Å². The molecule has 0 amide bonds. The number of benzene rings is 1. The maximum atomic E-state index is 11.7. The standard InChI is InChI=1S/C13H17N3O2S2/c1-9-3-5-11(19-9)8-16-10-4-6-13(12(14)7-10)20(17,18)15-2/h3-7,15-16H,8,14H2,1-2H3. The first kappa shape index (κ1) is 14.8. The predicted molar refractivity (Wildman–Crippen MR) is 83.5 cm³/mol. The number of thiophene rings is 1. The summed E-state index contributed by atoms with van der Waals surface area (Å²) in [6, 6.07) is 8.98. The van der Waals surface area contributed by atoms with Crippen LogP contribution in [0.5, 0.6) is 0 Å². The molecule has 0 saturated carbocycles. The van der Waals surface area contributed by atoms with Gasteiger partial charge in [-0.2, -0.15) is 0 Å². The van der Waals surface area contributed by atoms with E-state index in [0.29, 0.717) is 6.54 Å². The largest absolute Gasteiger partial charge is 0.398 e. The minimum absolute atomic E-state index is 0.0949. The number of anilines is 2. The molecule has 0 atom stereocenters. The summed E-state index contributed by atoms with van der Waals surface area (Å²) in [5.74, 6) is 0. The van der Waals surface area contributed by atoms with Crippen LogP contribution >= 0.6 is 11.3 Å². The lowest BCUT2D eigenvalue weighted by Gasteiger charge is -2.10. The Morgan fingerprint density at radius 3 is 2.55 bits per heavy atom. The lowest BCUT2D eigenvalue weighted by Crippen LogP contribution is -2.19. The number of sulfonamides is 1. The molecule has 0 fully saturated rings. The molecule has 1 aromatic heterocycles. The lowest BCUT2D eigenvalue weighted by molar-refractivity contribution is 0.588. The number of aryl methyl sites for hydroxylation is 1. The summed E-state index contributed by atoms with van der Waals surface area (Å²) >= 11 is 1.72. The zero-order valence-electron chi connectivity index (χ0n) is 11.3. The van der Waals surface area contributed by atoms with Gasteiger partial charge in [-0.15, -0.1) is 11.3 Å². The summed E-state index contributed by atoms with van der Waals surface area (Å²) in [5, 5.41) is 3.23. The molecule has 0 unspecified atom stereocenters. The molecular weight excluding hydrogens is 294 g/mol.